The second-order valence-electron chi connectivity index (χ2n) is 6.45. The van der Waals surface area contributed by atoms with Crippen molar-refractivity contribution in [3.05, 3.63) is 53.1 Å². The summed E-state index contributed by atoms with van der Waals surface area (Å²) in [4.78, 5) is 4.75. The van der Waals surface area contributed by atoms with Crippen LogP contribution in [0.1, 0.15) is 23.5 Å². The van der Waals surface area contributed by atoms with E-state index in [2.05, 4.69) is 56.7 Å². The molecule has 0 radical (unpaired) electrons. The summed E-state index contributed by atoms with van der Waals surface area (Å²) in [6.07, 6.45) is 4.05. The summed E-state index contributed by atoms with van der Waals surface area (Å²) in [7, 11) is 0. The lowest BCUT2D eigenvalue weighted by molar-refractivity contribution is 0.347. The maximum atomic E-state index is 4.75. The smallest absolute Gasteiger partial charge is 0.132 e. The van der Waals surface area contributed by atoms with E-state index in [1.807, 2.05) is 6.33 Å². The van der Waals surface area contributed by atoms with Gasteiger partial charge in [-0.1, -0.05) is 29.8 Å². The first-order valence-corrected chi connectivity index (χ1v) is 9.25. The quantitative estimate of drug-likeness (QED) is 0.776. The Labute approximate surface area is 145 Å². The third-order valence-corrected chi connectivity index (χ3v) is 5.46. The lowest BCUT2D eigenvalue weighted by Gasteiger charge is -2.23. The van der Waals surface area contributed by atoms with Crippen LogP contribution < -0.4 is 5.32 Å². The molecule has 3 aromatic rings. The Morgan fingerprint density at radius 1 is 1.29 bits per heavy atom. The molecule has 3 heterocycles. The number of hydrogen-bond donors (Lipinski definition) is 1. The van der Waals surface area contributed by atoms with Crippen molar-refractivity contribution in [3.8, 4) is 10.6 Å². The monoisotopic (exact) mass is 339 g/mol. The standard InChI is InChI=1S/C18H21N5S/c1-13-2-5-15(6-3-13)18-21-16(11-24-18)9-19-8-14-4-7-17-22-20-12-23(17)10-14/h2-3,5-6,11-12,14,19H,4,7-10H2,1H3. The highest BCUT2D eigenvalue weighted by molar-refractivity contribution is 7.13. The van der Waals surface area contributed by atoms with Gasteiger partial charge in [0.05, 0.1) is 5.69 Å². The molecule has 0 fully saturated rings. The molecule has 0 saturated heterocycles. The van der Waals surface area contributed by atoms with Gasteiger partial charge in [0.2, 0.25) is 0 Å². The molecule has 2 aromatic heterocycles. The SMILES string of the molecule is Cc1ccc(-c2nc(CNCC3CCc4nncn4C3)cs2)cc1. The molecular formula is C18H21N5S. The van der Waals surface area contributed by atoms with Crippen LogP contribution in [0.3, 0.4) is 0 Å². The van der Waals surface area contributed by atoms with Crippen molar-refractivity contribution in [1.29, 1.82) is 0 Å². The highest BCUT2D eigenvalue weighted by Crippen LogP contribution is 2.24. The molecule has 1 N–H and O–H groups in total. The molecule has 1 aromatic carbocycles. The molecule has 6 heteroatoms. The number of fused-ring (bicyclic) bond motifs is 1. The molecule has 1 unspecified atom stereocenters. The zero-order valence-corrected chi connectivity index (χ0v) is 14.6. The molecule has 0 amide bonds. The summed E-state index contributed by atoms with van der Waals surface area (Å²) in [6, 6.07) is 8.56. The highest BCUT2D eigenvalue weighted by atomic mass is 32.1. The van der Waals surface area contributed by atoms with Gasteiger partial charge in [0, 0.05) is 37.0 Å². The van der Waals surface area contributed by atoms with Gasteiger partial charge >= 0.3 is 0 Å². The minimum absolute atomic E-state index is 0.642. The largest absolute Gasteiger partial charge is 0.317 e. The van der Waals surface area contributed by atoms with Gasteiger partial charge in [-0.15, -0.1) is 21.5 Å². The van der Waals surface area contributed by atoms with Crippen molar-refractivity contribution in [3.63, 3.8) is 0 Å². The molecule has 1 aliphatic rings. The van der Waals surface area contributed by atoms with Crippen LogP contribution in [0, 0.1) is 12.8 Å². The molecule has 0 saturated carbocycles. The van der Waals surface area contributed by atoms with E-state index in [0.29, 0.717) is 5.92 Å². The molecule has 124 valence electrons. The molecule has 24 heavy (non-hydrogen) atoms. The minimum atomic E-state index is 0.642. The topological polar surface area (TPSA) is 55.6 Å². The number of rotatable bonds is 5. The fourth-order valence-corrected chi connectivity index (χ4v) is 3.94. The second kappa shape index (κ2) is 6.83. The number of aromatic nitrogens is 4. The molecule has 1 atom stereocenters. The van der Waals surface area contributed by atoms with Crippen molar-refractivity contribution in [2.45, 2.75) is 32.9 Å². The van der Waals surface area contributed by atoms with Gasteiger partial charge in [-0.25, -0.2) is 4.98 Å². The number of aryl methyl sites for hydroxylation is 2. The van der Waals surface area contributed by atoms with Crippen LogP contribution in [0.25, 0.3) is 10.6 Å². The van der Waals surface area contributed by atoms with Gasteiger partial charge in [-0.05, 0) is 19.3 Å². The lowest BCUT2D eigenvalue weighted by atomic mass is 9.99. The molecule has 0 bridgehead atoms. The number of benzene rings is 1. The summed E-state index contributed by atoms with van der Waals surface area (Å²) in [5.41, 5.74) is 3.60. The highest BCUT2D eigenvalue weighted by Gasteiger charge is 2.19. The Kier molecular flexibility index (Phi) is 4.40. The van der Waals surface area contributed by atoms with Crippen LogP contribution in [-0.4, -0.2) is 26.3 Å². The van der Waals surface area contributed by atoms with Crippen molar-refractivity contribution in [1.82, 2.24) is 25.1 Å². The van der Waals surface area contributed by atoms with Gasteiger partial charge in [-0.2, -0.15) is 0 Å². The minimum Gasteiger partial charge on any atom is -0.317 e. The van der Waals surface area contributed by atoms with E-state index in [1.54, 1.807) is 11.3 Å². The predicted molar refractivity (Wildman–Crippen MR) is 95.8 cm³/mol. The number of thiazole rings is 1. The van der Waals surface area contributed by atoms with E-state index in [0.717, 1.165) is 42.6 Å². The number of nitrogens with one attached hydrogen (secondary N) is 1. The Bertz CT molecular complexity index is 805. The molecule has 0 spiro atoms. The Hall–Kier alpha value is -2.05. The Morgan fingerprint density at radius 3 is 3.04 bits per heavy atom. The summed E-state index contributed by atoms with van der Waals surface area (Å²) in [5, 5.41) is 14.9. The Morgan fingerprint density at radius 2 is 2.17 bits per heavy atom. The van der Waals surface area contributed by atoms with Crippen molar-refractivity contribution < 1.29 is 0 Å². The first-order valence-electron chi connectivity index (χ1n) is 8.37. The van der Waals surface area contributed by atoms with E-state index < -0.39 is 0 Å². The molecule has 0 aliphatic carbocycles. The third-order valence-electron chi connectivity index (χ3n) is 4.52. The van der Waals surface area contributed by atoms with Crippen LogP contribution in [0.2, 0.25) is 0 Å². The number of hydrogen-bond acceptors (Lipinski definition) is 5. The van der Waals surface area contributed by atoms with Crippen molar-refractivity contribution in [2.24, 2.45) is 5.92 Å². The zero-order valence-electron chi connectivity index (χ0n) is 13.8. The van der Waals surface area contributed by atoms with Gasteiger partial charge < -0.3 is 9.88 Å². The Balaban J connectivity index is 1.30. The van der Waals surface area contributed by atoms with Gasteiger partial charge in [-0.3, -0.25) is 0 Å². The molecule has 4 rings (SSSR count). The van der Waals surface area contributed by atoms with Gasteiger partial charge in [0.1, 0.15) is 17.2 Å². The fourth-order valence-electron chi connectivity index (χ4n) is 3.12. The van der Waals surface area contributed by atoms with Crippen molar-refractivity contribution in [2.75, 3.05) is 6.54 Å². The summed E-state index contributed by atoms with van der Waals surface area (Å²) >= 11 is 1.71. The summed E-state index contributed by atoms with van der Waals surface area (Å²) in [5.74, 6) is 1.76. The van der Waals surface area contributed by atoms with Gasteiger partial charge in [0.25, 0.3) is 0 Å². The molecule has 1 aliphatic heterocycles. The van der Waals surface area contributed by atoms with Crippen LogP contribution in [-0.2, 0) is 19.5 Å². The van der Waals surface area contributed by atoms with Crippen LogP contribution in [0.4, 0.5) is 0 Å². The molecular weight excluding hydrogens is 318 g/mol. The fraction of sp³-hybridized carbons (Fsp3) is 0.389. The van der Waals surface area contributed by atoms with Crippen LogP contribution >= 0.6 is 11.3 Å². The number of nitrogens with zero attached hydrogens (tertiary/aromatic N) is 4. The van der Waals surface area contributed by atoms with Gasteiger partial charge in [0.15, 0.2) is 0 Å². The van der Waals surface area contributed by atoms with Crippen LogP contribution in [0.15, 0.2) is 36.0 Å². The zero-order chi connectivity index (χ0) is 16.4. The lowest BCUT2D eigenvalue weighted by Crippen LogP contribution is -2.29. The van der Waals surface area contributed by atoms with E-state index in [1.165, 1.54) is 17.5 Å². The predicted octanol–water partition coefficient (Wildman–Crippen LogP) is 3.06. The normalized spacial score (nSPS) is 17.0. The van der Waals surface area contributed by atoms with E-state index >= 15 is 0 Å². The van der Waals surface area contributed by atoms with Crippen molar-refractivity contribution >= 4 is 11.3 Å². The second-order valence-corrected chi connectivity index (χ2v) is 7.30. The van der Waals surface area contributed by atoms with Crippen LogP contribution in [0.5, 0.6) is 0 Å². The van der Waals surface area contributed by atoms with E-state index in [9.17, 15) is 0 Å². The maximum Gasteiger partial charge on any atom is 0.132 e. The average molecular weight is 339 g/mol. The first-order chi connectivity index (χ1) is 11.8. The summed E-state index contributed by atoms with van der Waals surface area (Å²) < 4.78 is 2.17. The average Bonchev–Trinajstić information content (AvgIpc) is 3.24. The summed E-state index contributed by atoms with van der Waals surface area (Å²) in [6.45, 7) is 4.96. The first kappa shape index (κ1) is 15.5. The molecule has 5 nitrogen and oxygen atoms in total. The van der Waals surface area contributed by atoms with E-state index in [4.69, 9.17) is 4.98 Å². The third kappa shape index (κ3) is 3.39. The maximum absolute atomic E-state index is 4.75. The van der Waals surface area contributed by atoms with E-state index in [-0.39, 0.29) is 0 Å².